The molecule has 0 amide bonds. The lowest BCUT2D eigenvalue weighted by Gasteiger charge is -2.35. The Hall–Kier alpha value is -1.11. The van der Waals surface area contributed by atoms with E-state index in [2.05, 4.69) is 13.8 Å². The maximum atomic E-state index is 13.0. The van der Waals surface area contributed by atoms with Crippen molar-refractivity contribution in [2.45, 2.75) is 231 Å². The molecule has 13 heteroatoms. The van der Waals surface area contributed by atoms with Gasteiger partial charge in [0.25, 0.3) is 7.82 Å². The molecule has 59 heavy (non-hydrogen) atoms. The van der Waals surface area contributed by atoms with Gasteiger partial charge in [-0.25, -0.2) is 0 Å². The maximum Gasteiger partial charge on any atom is 0.306 e. The fourth-order valence-corrected chi connectivity index (χ4v) is 8.26. The summed E-state index contributed by atoms with van der Waals surface area (Å²) in [5.74, 6) is -0.867. The second kappa shape index (κ2) is 32.5. The van der Waals surface area contributed by atoms with Gasteiger partial charge >= 0.3 is 11.9 Å². The Morgan fingerprint density at radius 3 is 1.56 bits per heavy atom. The first-order valence-electron chi connectivity index (χ1n) is 23.9. The number of rotatable bonds is 40. The molecule has 0 saturated carbocycles. The summed E-state index contributed by atoms with van der Waals surface area (Å²) in [4.78, 5) is 37.7. The average molecular weight is 862 g/mol. The van der Waals surface area contributed by atoms with E-state index in [1.807, 2.05) is 35.0 Å². The molecule has 0 aromatic heterocycles. The van der Waals surface area contributed by atoms with Crippen LogP contribution in [0.5, 0.6) is 0 Å². The predicted molar refractivity (Wildman–Crippen MR) is 234 cm³/mol. The monoisotopic (exact) mass is 862 g/mol. The highest BCUT2D eigenvalue weighted by atomic mass is 31.2. The highest BCUT2D eigenvalue weighted by Gasteiger charge is 2.51. The van der Waals surface area contributed by atoms with Crippen molar-refractivity contribution in [3.8, 4) is 0 Å². The van der Waals surface area contributed by atoms with E-state index in [1.165, 1.54) is 82.1 Å². The van der Waals surface area contributed by atoms with Crippen LogP contribution in [0.4, 0.5) is 0 Å². The summed E-state index contributed by atoms with van der Waals surface area (Å²) in [6.07, 6.45) is 29.3. The Morgan fingerprint density at radius 2 is 1.10 bits per heavy atom. The largest absolute Gasteiger partial charge is 0.756 e. The second-order valence-corrected chi connectivity index (χ2v) is 20.3. The van der Waals surface area contributed by atoms with Crippen LogP contribution < -0.4 is 4.89 Å². The summed E-state index contributed by atoms with van der Waals surface area (Å²) in [7, 11) is 1.13. The lowest BCUT2D eigenvalue weighted by Crippen LogP contribution is -2.49. The normalized spacial score (nSPS) is 18.5. The third kappa shape index (κ3) is 29.0. The summed E-state index contributed by atoms with van der Waals surface area (Å²) in [6, 6.07) is 0. The third-order valence-corrected chi connectivity index (χ3v) is 12.3. The third-order valence-electron chi connectivity index (χ3n) is 11.4. The number of hydrogen-bond acceptors (Lipinski definition) is 10. The first-order valence-corrected chi connectivity index (χ1v) is 25.4. The number of phosphoric acid groups is 1. The Morgan fingerprint density at radius 1 is 0.661 bits per heavy atom. The van der Waals surface area contributed by atoms with Crippen molar-refractivity contribution in [2.75, 3.05) is 54.1 Å². The van der Waals surface area contributed by atoms with Gasteiger partial charge in [-0.2, -0.15) is 0 Å². The molecule has 0 spiro atoms. The first-order chi connectivity index (χ1) is 28.1. The van der Waals surface area contributed by atoms with E-state index >= 15 is 0 Å². The summed E-state index contributed by atoms with van der Waals surface area (Å²) in [5.41, 5.74) is -1.11. The van der Waals surface area contributed by atoms with Crippen LogP contribution in [0.25, 0.3) is 0 Å². The number of unbranched alkanes of at least 4 members (excludes halogenated alkanes) is 22. The van der Waals surface area contributed by atoms with Crippen LogP contribution in [-0.4, -0.2) is 93.0 Å². The fourth-order valence-electron chi connectivity index (χ4n) is 7.53. The summed E-state index contributed by atoms with van der Waals surface area (Å²) >= 11 is 0. The van der Waals surface area contributed by atoms with Crippen LogP contribution in [0.2, 0.25) is 0 Å². The number of ether oxygens (including phenoxy) is 3. The minimum atomic E-state index is -4.64. The summed E-state index contributed by atoms with van der Waals surface area (Å²) in [5, 5.41) is 14.3. The van der Waals surface area contributed by atoms with E-state index in [4.69, 9.17) is 23.3 Å². The van der Waals surface area contributed by atoms with Crippen LogP contribution in [0.15, 0.2) is 0 Å². The van der Waals surface area contributed by atoms with Gasteiger partial charge in [0.15, 0.2) is 6.10 Å². The number of esters is 2. The van der Waals surface area contributed by atoms with Crippen LogP contribution in [0.1, 0.15) is 214 Å². The lowest BCUT2D eigenvalue weighted by molar-refractivity contribution is -0.870. The van der Waals surface area contributed by atoms with E-state index in [9.17, 15) is 24.3 Å². The fraction of sp³-hybridized carbons (Fsp3) is 0.957. The van der Waals surface area contributed by atoms with Gasteiger partial charge in [-0.15, -0.1) is 10.3 Å². The molecule has 349 valence electrons. The number of hydrogen-bond donors (Lipinski definition) is 0. The molecule has 1 rings (SSSR count). The Kier molecular flexibility index (Phi) is 30.8. The Balaban J connectivity index is 2.32. The zero-order valence-electron chi connectivity index (χ0n) is 39.0. The average Bonchev–Trinajstić information content (AvgIpc) is 3.40. The smallest absolute Gasteiger partial charge is 0.306 e. The number of likely N-dealkylation sites (N-methyl/N-ethyl adjacent to an activating group) is 1. The maximum absolute atomic E-state index is 13.0. The molecule has 1 fully saturated rings. The number of carbonyl (C=O) groups is 2. The van der Waals surface area contributed by atoms with Crippen molar-refractivity contribution in [2.24, 2.45) is 0 Å². The first kappa shape index (κ1) is 55.9. The minimum Gasteiger partial charge on any atom is -0.756 e. The Labute approximate surface area is 361 Å². The highest BCUT2D eigenvalue weighted by molar-refractivity contribution is 7.45. The molecule has 1 saturated heterocycles. The predicted octanol–water partition coefficient (Wildman–Crippen LogP) is 11.2. The van der Waals surface area contributed by atoms with Gasteiger partial charge in [0.2, 0.25) is 0 Å². The second-order valence-electron chi connectivity index (χ2n) is 18.9. The number of phosphoric ester groups is 1. The van der Waals surface area contributed by atoms with E-state index in [1.54, 1.807) is 0 Å². The van der Waals surface area contributed by atoms with Crippen LogP contribution >= 0.6 is 7.82 Å². The molecule has 1 aliphatic rings. The number of quaternary nitrogens is 1. The molecule has 0 N–H and O–H groups in total. The van der Waals surface area contributed by atoms with Crippen molar-refractivity contribution in [3.63, 3.8) is 0 Å². The number of hydroxylamine groups is 2. The van der Waals surface area contributed by atoms with Crippen molar-refractivity contribution in [1.82, 2.24) is 5.06 Å². The molecule has 1 heterocycles. The van der Waals surface area contributed by atoms with E-state index in [-0.39, 0.29) is 26.1 Å². The minimum absolute atomic E-state index is 0.0420. The van der Waals surface area contributed by atoms with Crippen LogP contribution in [-0.2, 0) is 42.6 Å². The van der Waals surface area contributed by atoms with Crippen molar-refractivity contribution in [3.05, 3.63) is 0 Å². The molecule has 0 aromatic carbocycles. The van der Waals surface area contributed by atoms with Gasteiger partial charge in [-0.3, -0.25) is 14.2 Å². The SMILES string of the molecule is CCCCCCCCCCCCCCCC(=O)OC[C@H](COP(=O)([O-])OCC[N+](C)(C)C)OC(=O)CCCCCCCCCCCCC1(CCCC)OCC(C)(C)N1[O]. The van der Waals surface area contributed by atoms with E-state index in [0.717, 1.165) is 89.9 Å². The quantitative estimate of drug-likeness (QED) is 0.0253. The molecule has 12 nitrogen and oxygen atoms in total. The van der Waals surface area contributed by atoms with Crippen molar-refractivity contribution < 1.29 is 52.0 Å². The molecule has 2 unspecified atom stereocenters. The molecule has 3 atom stereocenters. The van der Waals surface area contributed by atoms with E-state index in [0.29, 0.717) is 24.1 Å². The summed E-state index contributed by atoms with van der Waals surface area (Å²) in [6.45, 7) is 8.50. The number of nitrogens with zero attached hydrogens (tertiary/aromatic N) is 2. The van der Waals surface area contributed by atoms with Gasteiger partial charge in [-0.1, -0.05) is 149 Å². The van der Waals surface area contributed by atoms with Gasteiger partial charge in [0.05, 0.1) is 39.9 Å². The van der Waals surface area contributed by atoms with Crippen LogP contribution in [0, 0.1) is 0 Å². The van der Waals surface area contributed by atoms with E-state index < -0.39 is 43.7 Å². The molecule has 0 bridgehead atoms. The van der Waals surface area contributed by atoms with Crippen LogP contribution in [0.3, 0.4) is 0 Å². The molecule has 0 aromatic rings. The molecular formula is C46H90N2O10P. The summed E-state index contributed by atoms with van der Waals surface area (Å²) < 4.78 is 40.1. The number of carbonyl (C=O) groups excluding carboxylic acids is 2. The van der Waals surface area contributed by atoms with Gasteiger partial charge in [-0.05, 0) is 52.4 Å². The molecular weight excluding hydrogens is 771 g/mol. The standard InChI is InChI=1S/C46H90N2O10P/c1-8-10-12-13-14-15-16-17-18-21-24-27-30-33-43(49)54-39-42(40-57-59(52,53)56-38-37-48(5,6)7)58-44(50)34-31-28-25-22-19-20-23-26-29-32-36-46(35-11-9-2)47(51)45(3,4)41-55-46/h42H,8-41H2,1-7H3/t42-,46?/m1/s1. The highest BCUT2D eigenvalue weighted by Crippen LogP contribution is 2.41. The zero-order chi connectivity index (χ0) is 43.9. The van der Waals surface area contributed by atoms with Gasteiger partial charge in [0.1, 0.15) is 25.5 Å². The van der Waals surface area contributed by atoms with Crippen molar-refractivity contribution in [1.29, 1.82) is 0 Å². The zero-order valence-corrected chi connectivity index (χ0v) is 39.9. The lowest BCUT2D eigenvalue weighted by atomic mass is 9.95. The topological polar surface area (TPSA) is 144 Å². The molecule has 1 radical (unpaired) electrons. The molecule has 1 aliphatic heterocycles. The molecule has 0 aliphatic carbocycles. The van der Waals surface area contributed by atoms with Gasteiger partial charge in [0, 0.05) is 12.8 Å². The van der Waals surface area contributed by atoms with Gasteiger partial charge < -0.3 is 32.6 Å². The Bertz CT molecular complexity index is 1120. The van der Waals surface area contributed by atoms with Crippen molar-refractivity contribution >= 4 is 19.8 Å².